The molecule has 1 atom stereocenters. The van der Waals surface area contributed by atoms with Gasteiger partial charge in [-0.3, -0.25) is 13.9 Å². The fourth-order valence-corrected chi connectivity index (χ4v) is 4.67. The van der Waals surface area contributed by atoms with Crippen molar-refractivity contribution in [2.45, 2.75) is 52.6 Å². The molecule has 186 valence electrons. The second-order valence-corrected chi connectivity index (χ2v) is 11.8. The number of carbonyl (C=O) groups excluding carboxylic acids is 2. The molecule has 0 bridgehead atoms. The van der Waals surface area contributed by atoms with E-state index in [4.69, 9.17) is 11.6 Å². The molecule has 0 heterocycles. The SMILES string of the molecule is Cc1cc(Cl)ccc1N(CC(=O)N(CCc1ccccc1)[C@H](C)C(=O)NC(C)(C)C)S(C)(=O)=O. The molecule has 34 heavy (non-hydrogen) atoms. The van der Waals surface area contributed by atoms with Gasteiger partial charge in [-0.15, -0.1) is 0 Å². The van der Waals surface area contributed by atoms with E-state index in [0.717, 1.165) is 16.1 Å². The molecule has 9 heteroatoms. The van der Waals surface area contributed by atoms with Gasteiger partial charge in [0.15, 0.2) is 0 Å². The molecule has 0 unspecified atom stereocenters. The summed E-state index contributed by atoms with van der Waals surface area (Å²) in [6.45, 7) is 8.81. The van der Waals surface area contributed by atoms with Crippen molar-refractivity contribution in [3.63, 3.8) is 0 Å². The van der Waals surface area contributed by atoms with Crippen LogP contribution in [0.1, 0.15) is 38.8 Å². The number of sulfonamides is 1. The van der Waals surface area contributed by atoms with Crippen molar-refractivity contribution in [1.82, 2.24) is 10.2 Å². The van der Waals surface area contributed by atoms with Crippen molar-refractivity contribution in [2.75, 3.05) is 23.7 Å². The molecule has 0 aliphatic carbocycles. The van der Waals surface area contributed by atoms with Gasteiger partial charge in [-0.2, -0.15) is 0 Å². The molecule has 0 spiro atoms. The van der Waals surface area contributed by atoms with Crippen LogP contribution in [0.2, 0.25) is 5.02 Å². The van der Waals surface area contributed by atoms with E-state index < -0.39 is 34.1 Å². The van der Waals surface area contributed by atoms with E-state index in [2.05, 4.69) is 5.32 Å². The summed E-state index contributed by atoms with van der Waals surface area (Å²) in [4.78, 5) is 27.8. The van der Waals surface area contributed by atoms with Crippen LogP contribution in [-0.2, 0) is 26.0 Å². The van der Waals surface area contributed by atoms with Crippen LogP contribution in [0.15, 0.2) is 48.5 Å². The van der Waals surface area contributed by atoms with Crippen LogP contribution in [0.4, 0.5) is 5.69 Å². The fourth-order valence-electron chi connectivity index (χ4n) is 3.54. The monoisotopic (exact) mass is 507 g/mol. The molecular formula is C25H34ClN3O4S. The molecule has 0 aromatic heterocycles. The zero-order chi connectivity index (χ0) is 25.7. The maximum absolute atomic E-state index is 13.5. The number of aryl methyl sites for hydroxylation is 1. The van der Waals surface area contributed by atoms with Gasteiger partial charge < -0.3 is 10.2 Å². The molecule has 0 saturated heterocycles. The van der Waals surface area contributed by atoms with Crippen LogP contribution >= 0.6 is 11.6 Å². The number of anilines is 1. The van der Waals surface area contributed by atoms with Gasteiger partial charge in [0.25, 0.3) is 0 Å². The number of nitrogens with one attached hydrogen (secondary N) is 1. The third-order valence-electron chi connectivity index (χ3n) is 5.26. The molecule has 2 amide bonds. The summed E-state index contributed by atoms with van der Waals surface area (Å²) < 4.78 is 26.3. The fraction of sp³-hybridized carbons (Fsp3) is 0.440. The van der Waals surface area contributed by atoms with E-state index in [0.29, 0.717) is 22.7 Å². The Morgan fingerprint density at radius 2 is 1.71 bits per heavy atom. The van der Waals surface area contributed by atoms with Gasteiger partial charge in [0.2, 0.25) is 21.8 Å². The van der Waals surface area contributed by atoms with Crippen molar-refractivity contribution in [3.8, 4) is 0 Å². The van der Waals surface area contributed by atoms with E-state index in [-0.39, 0.29) is 12.5 Å². The van der Waals surface area contributed by atoms with Crippen molar-refractivity contribution in [3.05, 3.63) is 64.7 Å². The highest BCUT2D eigenvalue weighted by atomic mass is 35.5. The number of halogens is 1. The second kappa shape index (κ2) is 11.2. The average molecular weight is 508 g/mol. The Bertz CT molecular complexity index is 1110. The summed E-state index contributed by atoms with van der Waals surface area (Å²) in [6, 6.07) is 13.6. The average Bonchev–Trinajstić information content (AvgIpc) is 2.71. The van der Waals surface area contributed by atoms with E-state index in [1.807, 2.05) is 51.1 Å². The molecule has 2 aromatic carbocycles. The molecule has 1 N–H and O–H groups in total. The van der Waals surface area contributed by atoms with Gasteiger partial charge >= 0.3 is 0 Å². The lowest BCUT2D eigenvalue weighted by Crippen LogP contribution is -2.55. The Labute approximate surface area is 208 Å². The topological polar surface area (TPSA) is 86.8 Å². The maximum Gasteiger partial charge on any atom is 0.244 e. The Kier molecular flexibility index (Phi) is 9.14. The lowest BCUT2D eigenvalue weighted by molar-refractivity contribution is -0.139. The van der Waals surface area contributed by atoms with Gasteiger partial charge in [0.1, 0.15) is 12.6 Å². The Morgan fingerprint density at radius 3 is 2.24 bits per heavy atom. The molecule has 0 aliphatic heterocycles. The number of carbonyl (C=O) groups is 2. The van der Waals surface area contributed by atoms with Gasteiger partial charge in [0.05, 0.1) is 11.9 Å². The predicted molar refractivity (Wildman–Crippen MR) is 138 cm³/mol. The van der Waals surface area contributed by atoms with Gasteiger partial charge in [-0.25, -0.2) is 8.42 Å². The van der Waals surface area contributed by atoms with Crippen LogP contribution in [0.5, 0.6) is 0 Å². The van der Waals surface area contributed by atoms with E-state index in [1.54, 1.807) is 32.0 Å². The lowest BCUT2D eigenvalue weighted by Gasteiger charge is -2.33. The Balaban J connectivity index is 2.36. The Hall–Kier alpha value is -2.58. The van der Waals surface area contributed by atoms with E-state index >= 15 is 0 Å². The van der Waals surface area contributed by atoms with Gasteiger partial charge in [-0.1, -0.05) is 41.9 Å². The number of hydrogen-bond acceptors (Lipinski definition) is 4. The third kappa shape index (κ3) is 8.02. The summed E-state index contributed by atoms with van der Waals surface area (Å²) >= 11 is 6.03. The first-order chi connectivity index (χ1) is 15.7. The third-order valence-corrected chi connectivity index (χ3v) is 6.62. The van der Waals surface area contributed by atoms with E-state index in [1.165, 1.54) is 4.90 Å². The van der Waals surface area contributed by atoms with Crippen LogP contribution in [-0.4, -0.2) is 56.1 Å². The van der Waals surface area contributed by atoms with Crippen LogP contribution in [0.3, 0.4) is 0 Å². The van der Waals surface area contributed by atoms with Crippen molar-refractivity contribution < 1.29 is 18.0 Å². The molecule has 0 saturated carbocycles. The van der Waals surface area contributed by atoms with Gasteiger partial charge in [0, 0.05) is 17.1 Å². The zero-order valence-corrected chi connectivity index (χ0v) is 22.2. The van der Waals surface area contributed by atoms with Crippen molar-refractivity contribution in [2.24, 2.45) is 0 Å². The summed E-state index contributed by atoms with van der Waals surface area (Å²) in [5, 5.41) is 3.37. The highest BCUT2D eigenvalue weighted by Crippen LogP contribution is 2.26. The predicted octanol–water partition coefficient (Wildman–Crippen LogP) is 3.79. The first kappa shape index (κ1) is 27.7. The summed E-state index contributed by atoms with van der Waals surface area (Å²) in [7, 11) is -3.78. The molecule has 0 fully saturated rings. The van der Waals surface area contributed by atoms with E-state index in [9.17, 15) is 18.0 Å². The highest BCUT2D eigenvalue weighted by molar-refractivity contribution is 7.92. The quantitative estimate of drug-likeness (QED) is 0.559. The maximum atomic E-state index is 13.5. The molecule has 2 aromatic rings. The van der Waals surface area contributed by atoms with Crippen LogP contribution in [0, 0.1) is 6.92 Å². The normalized spacial score (nSPS) is 12.7. The zero-order valence-electron chi connectivity index (χ0n) is 20.6. The summed E-state index contributed by atoms with van der Waals surface area (Å²) in [5.41, 5.74) is 1.53. The van der Waals surface area contributed by atoms with Crippen molar-refractivity contribution >= 4 is 39.1 Å². The number of benzene rings is 2. The van der Waals surface area contributed by atoms with Crippen LogP contribution < -0.4 is 9.62 Å². The number of rotatable bonds is 9. The van der Waals surface area contributed by atoms with Crippen LogP contribution in [0.25, 0.3) is 0 Å². The molecular weight excluding hydrogens is 474 g/mol. The minimum Gasteiger partial charge on any atom is -0.350 e. The standard InChI is InChI=1S/C25H34ClN3O4S/c1-18-16-21(26)12-13-22(18)29(34(6,32)33)17-23(30)28(15-14-20-10-8-7-9-11-20)19(2)24(31)27-25(3,4)5/h7-13,16,19H,14-15,17H2,1-6H3,(H,27,31)/t19-/m1/s1. The number of amides is 2. The number of hydrogen-bond donors (Lipinski definition) is 1. The highest BCUT2D eigenvalue weighted by Gasteiger charge is 2.31. The van der Waals surface area contributed by atoms with Crippen molar-refractivity contribution in [1.29, 1.82) is 0 Å². The first-order valence-electron chi connectivity index (χ1n) is 11.1. The summed E-state index contributed by atoms with van der Waals surface area (Å²) in [6.07, 6.45) is 1.58. The second-order valence-electron chi connectivity index (χ2n) is 9.44. The number of nitrogens with zero attached hydrogens (tertiary/aromatic N) is 2. The minimum atomic E-state index is -3.78. The summed E-state index contributed by atoms with van der Waals surface area (Å²) in [5.74, 6) is -0.769. The molecule has 0 radical (unpaired) electrons. The molecule has 7 nitrogen and oxygen atoms in total. The largest absolute Gasteiger partial charge is 0.350 e. The molecule has 0 aliphatic rings. The van der Waals surface area contributed by atoms with Gasteiger partial charge in [-0.05, 0) is 70.4 Å². The Morgan fingerprint density at radius 1 is 1.09 bits per heavy atom. The smallest absolute Gasteiger partial charge is 0.244 e. The first-order valence-corrected chi connectivity index (χ1v) is 13.3. The minimum absolute atomic E-state index is 0.263. The molecule has 2 rings (SSSR count). The lowest BCUT2D eigenvalue weighted by atomic mass is 10.1.